The molecule has 0 bridgehead atoms. The van der Waals surface area contributed by atoms with Crippen LogP contribution >= 0.6 is 11.6 Å². The predicted molar refractivity (Wildman–Crippen MR) is 37.3 cm³/mol. The summed E-state index contributed by atoms with van der Waals surface area (Å²) >= 11 is 5.08. The first-order valence-electron chi connectivity index (χ1n) is 2.58. The molecule has 10 heavy (non-hydrogen) atoms. The Hall–Kier alpha value is -1.09. The molecule has 0 saturated carbocycles. The maximum atomic E-state index is 10.5. The predicted octanol–water partition coefficient (Wildman–Crippen LogP) is 1.06. The van der Waals surface area contributed by atoms with Crippen molar-refractivity contribution < 1.29 is 4.79 Å². The van der Waals surface area contributed by atoms with E-state index < -0.39 is 5.37 Å². The molecule has 1 aromatic heterocycles. The number of aromatic nitrogens is 1. The summed E-state index contributed by atoms with van der Waals surface area (Å²) in [6, 6.07) is 2.53. The highest BCUT2D eigenvalue weighted by Gasteiger charge is 1.93. The van der Waals surface area contributed by atoms with E-state index in [2.05, 4.69) is 0 Å². The number of carbonyl (C=O) groups is 1. The lowest BCUT2D eigenvalue weighted by molar-refractivity contribution is 0.261. The van der Waals surface area contributed by atoms with E-state index in [4.69, 9.17) is 11.6 Å². The lowest BCUT2D eigenvalue weighted by Crippen LogP contribution is -2.05. The van der Waals surface area contributed by atoms with Crippen LogP contribution in [0.5, 0.6) is 0 Å². The molecule has 0 atom stereocenters. The van der Waals surface area contributed by atoms with E-state index in [0.29, 0.717) is 0 Å². The van der Waals surface area contributed by atoms with E-state index in [1.54, 1.807) is 0 Å². The van der Waals surface area contributed by atoms with Gasteiger partial charge in [-0.3, -0.25) is 14.2 Å². The van der Waals surface area contributed by atoms with Gasteiger partial charge in [0.25, 0.3) is 0 Å². The molecule has 0 aliphatic rings. The summed E-state index contributed by atoms with van der Waals surface area (Å²) in [5.41, 5.74) is -0.144. The number of hydrogen-bond acceptors (Lipinski definition) is 2. The lowest BCUT2D eigenvalue weighted by Gasteiger charge is -1.93. The van der Waals surface area contributed by atoms with Gasteiger partial charge in [0.1, 0.15) is 0 Å². The zero-order valence-corrected chi connectivity index (χ0v) is 5.71. The second-order valence-electron chi connectivity index (χ2n) is 1.69. The highest BCUT2D eigenvalue weighted by Crippen LogP contribution is 1.88. The van der Waals surface area contributed by atoms with Crippen LogP contribution in [-0.2, 0) is 0 Å². The van der Waals surface area contributed by atoms with Gasteiger partial charge in [0, 0.05) is 24.5 Å². The molecule has 1 aromatic rings. The van der Waals surface area contributed by atoms with E-state index in [-0.39, 0.29) is 5.43 Å². The van der Waals surface area contributed by atoms with Gasteiger partial charge >= 0.3 is 5.37 Å². The molecule has 1 heterocycles. The zero-order valence-electron chi connectivity index (χ0n) is 4.95. The fraction of sp³-hybridized carbons (Fsp3) is 0. The number of pyridine rings is 1. The van der Waals surface area contributed by atoms with Crippen molar-refractivity contribution >= 4 is 17.0 Å². The minimum atomic E-state index is -0.625. The summed E-state index contributed by atoms with van der Waals surface area (Å²) < 4.78 is 1.11. The van der Waals surface area contributed by atoms with E-state index in [1.165, 1.54) is 24.5 Å². The molecule has 52 valence electrons. The highest BCUT2D eigenvalue weighted by atomic mass is 35.5. The van der Waals surface area contributed by atoms with Crippen LogP contribution in [0.2, 0.25) is 0 Å². The molecule has 0 aliphatic carbocycles. The number of halogens is 1. The van der Waals surface area contributed by atoms with Gasteiger partial charge in [-0.25, -0.2) is 0 Å². The van der Waals surface area contributed by atoms with Crippen LogP contribution < -0.4 is 5.43 Å². The molecular formula is C6H4ClNO2. The van der Waals surface area contributed by atoms with Crippen LogP contribution in [0.25, 0.3) is 0 Å². The lowest BCUT2D eigenvalue weighted by atomic mass is 10.5. The molecule has 0 aliphatic heterocycles. The third-order valence-corrected chi connectivity index (χ3v) is 1.20. The largest absolute Gasteiger partial charge is 0.324 e. The first-order valence-corrected chi connectivity index (χ1v) is 2.96. The Morgan fingerprint density at radius 1 is 1.40 bits per heavy atom. The molecule has 0 unspecified atom stereocenters. The van der Waals surface area contributed by atoms with E-state index in [9.17, 15) is 9.59 Å². The molecule has 0 spiro atoms. The van der Waals surface area contributed by atoms with Crippen molar-refractivity contribution in [3.05, 3.63) is 34.7 Å². The topological polar surface area (TPSA) is 39.1 Å². The molecule has 0 amide bonds. The van der Waals surface area contributed by atoms with Gasteiger partial charge < -0.3 is 0 Å². The highest BCUT2D eigenvalue weighted by molar-refractivity contribution is 6.63. The van der Waals surface area contributed by atoms with E-state index in [1.807, 2.05) is 0 Å². The summed E-state index contributed by atoms with van der Waals surface area (Å²) in [7, 11) is 0. The molecular weight excluding hydrogens is 154 g/mol. The molecule has 0 saturated heterocycles. The van der Waals surface area contributed by atoms with Crippen molar-refractivity contribution in [2.75, 3.05) is 0 Å². The van der Waals surface area contributed by atoms with Crippen molar-refractivity contribution in [1.82, 2.24) is 4.57 Å². The molecule has 1 rings (SSSR count). The normalized spacial score (nSPS) is 9.30. The Kier molecular flexibility index (Phi) is 1.87. The Morgan fingerprint density at radius 2 is 1.90 bits per heavy atom. The monoisotopic (exact) mass is 157 g/mol. The average molecular weight is 158 g/mol. The summed E-state index contributed by atoms with van der Waals surface area (Å²) in [5, 5.41) is -0.625. The second kappa shape index (κ2) is 2.66. The molecule has 0 aromatic carbocycles. The summed E-state index contributed by atoms with van der Waals surface area (Å²) in [5.74, 6) is 0. The fourth-order valence-corrected chi connectivity index (χ4v) is 0.643. The third-order valence-electron chi connectivity index (χ3n) is 1.00. The van der Waals surface area contributed by atoms with Gasteiger partial charge in [-0.15, -0.1) is 0 Å². The minimum Gasteiger partial charge on any atom is -0.290 e. The van der Waals surface area contributed by atoms with Crippen LogP contribution in [0.15, 0.2) is 29.3 Å². The fourth-order valence-electron chi connectivity index (χ4n) is 0.530. The minimum absolute atomic E-state index is 0.144. The molecule has 3 nitrogen and oxygen atoms in total. The van der Waals surface area contributed by atoms with Crippen molar-refractivity contribution in [3.63, 3.8) is 0 Å². The van der Waals surface area contributed by atoms with Gasteiger partial charge in [0.2, 0.25) is 0 Å². The summed E-state index contributed by atoms with van der Waals surface area (Å²) in [6.45, 7) is 0. The number of rotatable bonds is 0. The van der Waals surface area contributed by atoms with Crippen molar-refractivity contribution in [3.8, 4) is 0 Å². The van der Waals surface area contributed by atoms with Gasteiger partial charge in [-0.2, -0.15) is 0 Å². The third kappa shape index (κ3) is 1.45. The quantitative estimate of drug-likeness (QED) is 0.528. The van der Waals surface area contributed by atoms with Crippen LogP contribution in [0, 0.1) is 0 Å². The van der Waals surface area contributed by atoms with Gasteiger partial charge in [-0.1, -0.05) is 0 Å². The Morgan fingerprint density at radius 3 is 2.30 bits per heavy atom. The van der Waals surface area contributed by atoms with E-state index in [0.717, 1.165) is 4.57 Å². The standard InChI is InChI=1S/C6H4ClNO2/c7-6(10)8-3-1-5(9)2-4-8/h1-4H. The second-order valence-corrected chi connectivity index (χ2v) is 2.02. The SMILES string of the molecule is O=C(Cl)n1ccc(=O)cc1. The average Bonchev–Trinajstić information content (AvgIpc) is 1.88. The first kappa shape index (κ1) is 7.02. The molecule has 0 fully saturated rings. The Bertz CT molecular complexity index is 284. The van der Waals surface area contributed by atoms with Crippen LogP contribution in [-0.4, -0.2) is 9.93 Å². The summed E-state index contributed by atoms with van der Waals surface area (Å²) in [4.78, 5) is 20.9. The Labute approximate surface area is 61.9 Å². The smallest absolute Gasteiger partial charge is 0.290 e. The van der Waals surface area contributed by atoms with Gasteiger partial charge in [0.15, 0.2) is 5.43 Å². The van der Waals surface area contributed by atoms with Gasteiger partial charge in [0.05, 0.1) is 0 Å². The van der Waals surface area contributed by atoms with Crippen LogP contribution in [0.1, 0.15) is 0 Å². The van der Waals surface area contributed by atoms with Crippen LogP contribution in [0.3, 0.4) is 0 Å². The Balaban J connectivity index is 3.12. The number of hydrogen-bond donors (Lipinski definition) is 0. The van der Waals surface area contributed by atoms with Crippen molar-refractivity contribution in [2.45, 2.75) is 0 Å². The zero-order chi connectivity index (χ0) is 7.56. The van der Waals surface area contributed by atoms with Gasteiger partial charge in [-0.05, 0) is 11.6 Å². The maximum absolute atomic E-state index is 10.5. The summed E-state index contributed by atoms with van der Waals surface area (Å²) in [6.07, 6.45) is 2.63. The van der Waals surface area contributed by atoms with Crippen molar-refractivity contribution in [1.29, 1.82) is 0 Å². The first-order chi connectivity index (χ1) is 4.70. The molecule has 0 N–H and O–H groups in total. The number of nitrogens with zero attached hydrogens (tertiary/aromatic N) is 1. The molecule has 0 radical (unpaired) electrons. The maximum Gasteiger partial charge on any atom is 0.324 e. The van der Waals surface area contributed by atoms with Crippen molar-refractivity contribution in [2.24, 2.45) is 0 Å². The number of carbonyl (C=O) groups excluding carboxylic acids is 1. The van der Waals surface area contributed by atoms with Crippen LogP contribution in [0.4, 0.5) is 4.79 Å². The molecule has 4 heteroatoms. The van der Waals surface area contributed by atoms with E-state index >= 15 is 0 Å².